The number of carbonyl (C=O) groups is 1. The summed E-state index contributed by atoms with van der Waals surface area (Å²) in [5, 5.41) is 2.68. The Balaban J connectivity index is 1.44. The molecule has 1 aliphatic heterocycles. The van der Waals surface area contributed by atoms with Crippen LogP contribution < -0.4 is 5.32 Å². The Morgan fingerprint density at radius 2 is 1.90 bits per heavy atom. The van der Waals surface area contributed by atoms with E-state index < -0.39 is 10.0 Å². The fourth-order valence-corrected chi connectivity index (χ4v) is 5.06. The SMILES string of the molecule is Cc1ccc(-c2cnc(CCC(=O)NCCS(=O)(=O)N3C[C@@H](C)O[C@H](C)C3)o2)cc1C. The molecule has 170 valence electrons. The molecule has 2 aromatic rings. The minimum atomic E-state index is -3.44. The molecule has 3 rings (SSSR count). The van der Waals surface area contributed by atoms with E-state index in [9.17, 15) is 13.2 Å². The number of hydrogen-bond acceptors (Lipinski definition) is 6. The number of nitrogens with zero attached hydrogens (tertiary/aromatic N) is 2. The van der Waals surface area contributed by atoms with Crippen LogP contribution in [0.25, 0.3) is 11.3 Å². The number of carbonyl (C=O) groups excluding carboxylic acids is 1. The van der Waals surface area contributed by atoms with Crippen LogP contribution in [-0.2, 0) is 26.0 Å². The number of ether oxygens (including phenoxy) is 1. The maximum absolute atomic E-state index is 12.5. The molecule has 9 heteroatoms. The third kappa shape index (κ3) is 6.38. The summed E-state index contributed by atoms with van der Waals surface area (Å²) in [6, 6.07) is 6.06. The molecule has 2 heterocycles. The zero-order chi connectivity index (χ0) is 22.6. The average molecular weight is 450 g/mol. The molecule has 1 aromatic carbocycles. The molecule has 31 heavy (non-hydrogen) atoms. The van der Waals surface area contributed by atoms with E-state index in [-0.39, 0.29) is 36.8 Å². The van der Waals surface area contributed by atoms with E-state index in [0.29, 0.717) is 31.2 Å². The average Bonchev–Trinajstić information content (AvgIpc) is 3.17. The number of sulfonamides is 1. The van der Waals surface area contributed by atoms with E-state index in [1.54, 1.807) is 6.20 Å². The fourth-order valence-electron chi connectivity index (χ4n) is 3.57. The van der Waals surface area contributed by atoms with Crippen molar-refractivity contribution in [3.8, 4) is 11.3 Å². The van der Waals surface area contributed by atoms with Crippen LogP contribution in [0.2, 0.25) is 0 Å². The molecule has 8 nitrogen and oxygen atoms in total. The van der Waals surface area contributed by atoms with Crippen LogP contribution in [0.15, 0.2) is 28.8 Å². The summed E-state index contributed by atoms with van der Waals surface area (Å²) in [5.41, 5.74) is 3.33. The van der Waals surface area contributed by atoms with Gasteiger partial charge in [-0.25, -0.2) is 13.4 Å². The van der Waals surface area contributed by atoms with Crippen LogP contribution in [0.4, 0.5) is 0 Å². The van der Waals surface area contributed by atoms with Crippen molar-refractivity contribution < 1.29 is 22.4 Å². The lowest BCUT2D eigenvalue weighted by molar-refractivity contribution is -0.121. The number of aromatic nitrogens is 1. The van der Waals surface area contributed by atoms with Crippen LogP contribution >= 0.6 is 0 Å². The van der Waals surface area contributed by atoms with E-state index in [0.717, 1.165) is 5.56 Å². The Kier molecular flexibility index (Phi) is 7.51. The number of hydrogen-bond donors (Lipinski definition) is 1. The van der Waals surface area contributed by atoms with Gasteiger partial charge in [0.1, 0.15) is 0 Å². The molecule has 1 saturated heterocycles. The Hall–Kier alpha value is -2.23. The van der Waals surface area contributed by atoms with E-state index in [2.05, 4.69) is 17.2 Å². The minimum absolute atomic E-state index is 0.0702. The predicted molar refractivity (Wildman–Crippen MR) is 118 cm³/mol. The third-order valence-corrected chi connectivity index (χ3v) is 7.18. The molecule has 2 atom stereocenters. The number of nitrogens with one attached hydrogen (secondary N) is 1. The monoisotopic (exact) mass is 449 g/mol. The Morgan fingerprint density at radius 3 is 2.58 bits per heavy atom. The molecule has 1 aromatic heterocycles. The standard InChI is InChI=1S/C22H31N3O5S/c1-15-5-6-19(11-16(15)2)20-12-24-22(30-20)8-7-21(26)23-9-10-31(27,28)25-13-17(3)29-18(4)14-25/h5-6,11-12,17-18H,7-10,13-14H2,1-4H3,(H,23,26)/t17-,18-/m1/s1. The zero-order valence-electron chi connectivity index (χ0n) is 18.6. The van der Waals surface area contributed by atoms with Gasteiger partial charge in [-0.15, -0.1) is 0 Å². The molecule has 1 fully saturated rings. The highest BCUT2D eigenvalue weighted by atomic mass is 32.2. The first-order chi connectivity index (χ1) is 14.6. The van der Waals surface area contributed by atoms with Crippen molar-refractivity contribution in [2.24, 2.45) is 0 Å². The summed E-state index contributed by atoms with van der Waals surface area (Å²) in [6.07, 6.45) is 1.92. The summed E-state index contributed by atoms with van der Waals surface area (Å²) in [4.78, 5) is 16.4. The molecule has 0 aliphatic carbocycles. The van der Waals surface area contributed by atoms with E-state index in [1.165, 1.54) is 15.4 Å². The van der Waals surface area contributed by atoms with Crippen molar-refractivity contribution in [2.75, 3.05) is 25.4 Å². The second kappa shape index (κ2) is 9.93. The predicted octanol–water partition coefficient (Wildman–Crippen LogP) is 2.45. The Bertz CT molecular complexity index is 1010. The molecule has 0 bridgehead atoms. The third-order valence-electron chi connectivity index (χ3n) is 5.37. The van der Waals surface area contributed by atoms with Gasteiger partial charge in [0.2, 0.25) is 15.9 Å². The topological polar surface area (TPSA) is 102 Å². The van der Waals surface area contributed by atoms with Crippen LogP contribution in [0.5, 0.6) is 0 Å². The van der Waals surface area contributed by atoms with Gasteiger partial charge in [-0.2, -0.15) is 4.31 Å². The smallest absolute Gasteiger partial charge is 0.220 e. The maximum atomic E-state index is 12.5. The van der Waals surface area contributed by atoms with Gasteiger partial charge in [0, 0.05) is 38.0 Å². The number of morpholine rings is 1. The highest BCUT2D eigenvalue weighted by Gasteiger charge is 2.30. The van der Waals surface area contributed by atoms with Gasteiger partial charge in [0.25, 0.3) is 0 Å². The lowest BCUT2D eigenvalue weighted by Gasteiger charge is -2.34. The summed E-state index contributed by atoms with van der Waals surface area (Å²) < 4.78 is 37.8. The molecular weight excluding hydrogens is 418 g/mol. The maximum Gasteiger partial charge on any atom is 0.220 e. The van der Waals surface area contributed by atoms with Crippen molar-refractivity contribution >= 4 is 15.9 Å². The normalized spacial score (nSPS) is 20.0. The quantitative estimate of drug-likeness (QED) is 0.664. The van der Waals surface area contributed by atoms with E-state index >= 15 is 0 Å². The Morgan fingerprint density at radius 1 is 1.19 bits per heavy atom. The molecule has 0 spiro atoms. The first-order valence-electron chi connectivity index (χ1n) is 10.6. The largest absolute Gasteiger partial charge is 0.441 e. The number of aryl methyl sites for hydroxylation is 3. The van der Waals surface area contributed by atoms with Crippen LogP contribution in [0.1, 0.15) is 37.3 Å². The van der Waals surface area contributed by atoms with Gasteiger partial charge >= 0.3 is 0 Å². The number of amides is 1. The summed E-state index contributed by atoms with van der Waals surface area (Å²) in [5.74, 6) is 0.782. The zero-order valence-corrected chi connectivity index (χ0v) is 19.4. The van der Waals surface area contributed by atoms with Gasteiger partial charge in [-0.05, 0) is 44.9 Å². The van der Waals surface area contributed by atoms with Crippen molar-refractivity contribution in [2.45, 2.75) is 52.7 Å². The summed E-state index contributed by atoms with van der Waals surface area (Å²) >= 11 is 0. The van der Waals surface area contributed by atoms with Crippen molar-refractivity contribution in [3.05, 3.63) is 41.4 Å². The number of oxazole rings is 1. The second-order valence-corrected chi connectivity index (χ2v) is 10.2. The van der Waals surface area contributed by atoms with Crippen LogP contribution in [0, 0.1) is 13.8 Å². The number of rotatable bonds is 8. The Labute approximate surface area is 184 Å². The van der Waals surface area contributed by atoms with Crippen molar-refractivity contribution in [1.29, 1.82) is 0 Å². The van der Waals surface area contributed by atoms with E-state index in [1.807, 2.05) is 39.0 Å². The summed E-state index contributed by atoms with van der Waals surface area (Å²) in [6.45, 7) is 8.56. The lowest BCUT2D eigenvalue weighted by Crippen LogP contribution is -2.49. The van der Waals surface area contributed by atoms with Gasteiger partial charge in [0.15, 0.2) is 11.7 Å². The fraction of sp³-hybridized carbons (Fsp3) is 0.545. The van der Waals surface area contributed by atoms with Gasteiger partial charge in [-0.1, -0.05) is 12.1 Å². The molecule has 0 saturated carbocycles. The van der Waals surface area contributed by atoms with E-state index in [4.69, 9.17) is 9.15 Å². The van der Waals surface area contributed by atoms with Crippen LogP contribution in [0.3, 0.4) is 0 Å². The first-order valence-corrected chi connectivity index (χ1v) is 12.2. The molecule has 0 unspecified atom stereocenters. The number of benzene rings is 1. The molecule has 1 amide bonds. The van der Waals surface area contributed by atoms with Crippen molar-refractivity contribution in [3.63, 3.8) is 0 Å². The molecule has 1 N–H and O–H groups in total. The van der Waals surface area contributed by atoms with Crippen LogP contribution in [-0.4, -0.2) is 61.2 Å². The summed E-state index contributed by atoms with van der Waals surface area (Å²) in [7, 11) is -3.44. The first kappa shape index (κ1) is 23.4. The van der Waals surface area contributed by atoms with Gasteiger partial charge in [-0.3, -0.25) is 4.79 Å². The highest BCUT2D eigenvalue weighted by molar-refractivity contribution is 7.89. The lowest BCUT2D eigenvalue weighted by atomic mass is 10.1. The molecule has 0 radical (unpaired) electrons. The van der Waals surface area contributed by atoms with Gasteiger partial charge in [0.05, 0.1) is 24.2 Å². The molecule has 1 aliphatic rings. The minimum Gasteiger partial charge on any atom is -0.441 e. The highest BCUT2D eigenvalue weighted by Crippen LogP contribution is 2.23. The van der Waals surface area contributed by atoms with Gasteiger partial charge < -0.3 is 14.5 Å². The molecular formula is C22H31N3O5S. The second-order valence-electron chi connectivity index (χ2n) is 8.16. The van der Waals surface area contributed by atoms with Crippen molar-refractivity contribution in [1.82, 2.24) is 14.6 Å².